The quantitative estimate of drug-likeness (QED) is 0.837. The molecule has 0 spiro atoms. The Morgan fingerprint density at radius 3 is 2.78 bits per heavy atom. The smallest absolute Gasteiger partial charge is 0.255 e. The Hall–Kier alpha value is -2.14. The van der Waals surface area contributed by atoms with Crippen LogP contribution >= 0.6 is 0 Å². The fourth-order valence-electron chi connectivity index (χ4n) is 3.91. The molecule has 0 unspecified atom stereocenters. The van der Waals surface area contributed by atoms with E-state index in [1.165, 1.54) is 5.56 Å². The van der Waals surface area contributed by atoms with Crippen LogP contribution in [0, 0.1) is 6.92 Å². The van der Waals surface area contributed by atoms with Crippen LogP contribution in [0.4, 0.5) is 0 Å². The number of aromatic nitrogens is 2. The molecule has 1 amide bonds. The average molecular weight is 367 g/mol. The molecule has 1 atom stereocenters. The van der Waals surface area contributed by atoms with Crippen molar-refractivity contribution in [3.8, 4) is 5.69 Å². The van der Waals surface area contributed by atoms with Gasteiger partial charge in [-0.25, -0.2) is 4.68 Å². The van der Waals surface area contributed by atoms with Crippen molar-refractivity contribution < 1.29 is 9.53 Å². The van der Waals surface area contributed by atoms with Crippen LogP contribution in [0.5, 0.6) is 0 Å². The molecule has 1 aromatic carbocycles. The first-order valence-electron chi connectivity index (χ1n) is 10.1. The molecule has 27 heavy (non-hydrogen) atoms. The molecule has 1 aromatic heterocycles. The first-order chi connectivity index (χ1) is 13.0. The lowest BCUT2D eigenvalue weighted by molar-refractivity contribution is 0.0856. The Kier molecular flexibility index (Phi) is 5.04. The van der Waals surface area contributed by atoms with Crippen LogP contribution in [0.25, 0.3) is 5.69 Å². The molecule has 2 heterocycles. The van der Waals surface area contributed by atoms with E-state index in [2.05, 4.69) is 44.3 Å². The number of ether oxygens (including phenoxy) is 1. The predicted molar refractivity (Wildman–Crippen MR) is 106 cm³/mol. The number of amides is 1. The predicted octanol–water partition coefficient (Wildman–Crippen LogP) is 4.09. The summed E-state index contributed by atoms with van der Waals surface area (Å²) >= 11 is 0. The van der Waals surface area contributed by atoms with Gasteiger partial charge < -0.3 is 10.1 Å². The lowest BCUT2D eigenvalue weighted by Crippen LogP contribution is -2.32. The monoisotopic (exact) mass is 367 g/mol. The third-order valence-electron chi connectivity index (χ3n) is 5.45. The highest BCUT2D eigenvalue weighted by atomic mass is 16.5. The van der Waals surface area contributed by atoms with Crippen molar-refractivity contribution in [3.05, 3.63) is 46.8 Å². The van der Waals surface area contributed by atoms with Gasteiger partial charge in [0.05, 0.1) is 28.7 Å². The summed E-state index contributed by atoms with van der Waals surface area (Å²) in [4.78, 5) is 13.2. The Balaban J connectivity index is 1.71. The van der Waals surface area contributed by atoms with Crippen molar-refractivity contribution in [3.63, 3.8) is 0 Å². The van der Waals surface area contributed by atoms with Crippen LogP contribution in [0.1, 0.15) is 78.7 Å². The van der Waals surface area contributed by atoms with Gasteiger partial charge in [-0.1, -0.05) is 26.0 Å². The maximum Gasteiger partial charge on any atom is 0.255 e. The highest BCUT2D eigenvalue weighted by Gasteiger charge is 2.35. The molecular weight excluding hydrogens is 338 g/mol. The molecule has 144 valence electrons. The van der Waals surface area contributed by atoms with Crippen molar-refractivity contribution in [2.24, 2.45) is 0 Å². The zero-order valence-electron chi connectivity index (χ0n) is 16.5. The number of hydrogen-bond donors (Lipinski definition) is 1. The molecule has 5 heteroatoms. The zero-order chi connectivity index (χ0) is 19.0. The normalized spacial score (nSPS) is 19.6. The van der Waals surface area contributed by atoms with Crippen LogP contribution in [-0.2, 0) is 4.74 Å². The summed E-state index contributed by atoms with van der Waals surface area (Å²) < 4.78 is 7.65. The molecule has 2 aliphatic rings. The highest BCUT2D eigenvalue weighted by molar-refractivity contribution is 5.97. The Morgan fingerprint density at radius 1 is 1.33 bits per heavy atom. The molecule has 1 aliphatic heterocycles. The fraction of sp³-hybridized carbons (Fsp3) is 0.545. The molecule has 5 nitrogen and oxygen atoms in total. The van der Waals surface area contributed by atoms with Gasteiger partial charge in [-0.05, 0) is 56.2 Å². The van der Waals surface area contributed by atoms with E-state index in [9.17, 15) is 4.79 Å². The van der Waals surface area contributed by atoms with Gasteiger partial charge >= 0.3 is 0 Å². The van der Waals surface area contributed by atoms with Gasteiger partial charge in [0, 0.05) is 19.1 Å². The number of aryl methyl sites for hydroxylation is 1. The summed E-state index contributed by atoms with van der Waals surface area (Å²) in [5.41, 5.74) is 4.97. The van der Waals surface area contributed by atoms with Crippen molar-refractivity contribution in [2.45, 2.75) is 64.4 Å². The van der Waals surface area contributed by atoms with Gasteiger partial charge in [-0.2, -0.15) is 5.10 Å². The second kappa shape index (κ2) is 7.47. The number of nitrogens with one attached hydrogen (secondary N) is 1. The maximum atomic E-state index is 13.2. The van der Waals surface area contributed by atoms with Crippen LogP contribution in [-0.4, -0.2) is 34.9 Å². The molecule has 1 aliphatic carbocycles. The maximum absolute atomic E-state index is 13.2. The largest absolute Gasteiger partial charge is 0.376 e. The minimum atomic E-state index is -0.00463. The molecular formula is C22H29N3O2. The fourth-order valence-corrected chi connectivity index (χ4v) is 3.91. The van der Waals surface area contributed by atoms with E-state index in [1.807, 2.05) is 10.7 Å². The summed E-state index contributed by atoms with van der Waals surface area (Å²) in [6, 6.07) is 8.32. The Bertz CT molecular complexity index is 830. The number of carbonyl (C=O) groups excluding carboxylic acids is 1. The minimum absolute atomic E-state index is 0.00463. The Morgan fingerprint density at radius 2 is 2.15 bits per heavy atom. The SMILES string of the molecule is Cc1cccc(-n2nc(C3CC3)c(C(=O)NC[C@H]3CCCO3)c2C(C)C)c1. The van der Waals surface area contributed by atoms with E-state index in [4.69, 9.17) is 9.84 Å². The van der Waals surface area contributed by atoms with Gasteiger partial charge in [0.1, 0.15) is 0 Å². The van der Waals surface area contributed by atoms with Crippen molar-refractivity contribution in [2.75, 3.05) is 13.2 Å². The number of hydrogen-bond acceptors (Lipinski definition) is 3. The standard InChI is InChI=1S/C22H29N3O2/c1-14(2)21-19(22(26)23-13-18-8-5-11-27-18)20(16-9-10-16)24-25(21)17-7-4-6-15(3)12-17/h4,6-7,12,14,16,18H,5,8-11,13H2,1-3H3,(H,23,26)/t18-/m1/s1. The lowest BCUT2D eigenvalue weighted by atomic mass is 10.0. The van der Waals surface area contributed by atoms with E-state index in [1.54, 1.807) is 0 Å². The van der Waals surface area contributed by atoms with Crippen molar-refractivity contribution in [1.29, 1.82) is 0 Å². The molecule has 4 rings (SSSR count). The zero-order valence-corrected chi connectivity index (χ0v) is 16.5. The molecule has 0 radical (unpaired) electrons. The Labute approximate surface area is 161 Å². The number of benzene rings is 1. The van der Waals surface area contributed by atoms with E-state index in [-0.39, 0.29) is 17.9 Å². The third kappa shape index (κ3) is 3.79. The summed E-state index contributed by atoms with van der Waals surface area (Å²) in [6.45, 7) is 7.74. The third-order valence-corrected chi connectivity index (χ3v) is 5.45. The number of nitrogens with zero attached hydrogens (tertiary/aromatic N) is 2. The molecule has 1 N–H and O–H groups in total. The van der Waals surface area contributed by atoms with Crippen molar-refractivity contribution in [1.82, 2.24) is 15.1 Å². The van der Waals surface area contributed by atoms with Crippen molar-refractivity contribution >= 4 is 5.91 Å². The van der Waals surface area contributed by atoms with E-state index < -0.39 is 0 Å². The summed E-state index contributed by atoms with van der Waals surface area (Å²) in [5.74, 6) is 0.612. The van der Waals surface area contributed by atoms with Crippen LogP contribution in [0.3, 0.4) is 0 Å². The summed E-state index contributed by atoms with van der Waals surface area (Å²) in [6.07, 6.45) is 4.49. The topological polar surface area (TPSA) is 56.2 Å². The summed E-state index contributed by atoms with van der Waals surface area (Å²) in [5, 5.41) is 8.05. The first-order valence-corrected chi connectivity index (χ1v) is 10.1. The minimum Gasteiger partial charge on any atom is -0.376 e. The van der Waals surface area contributed by atoms with E-state index in [0.717, 1.165) is 54.9 Å². The van der Waals surface area contributed by atoms with Gasteiger partial charge in [0.15, 0.2) is 0 Å². The summed E-state index contributed by atoms with van der Waals surface area (Å²) in [7, 11) is 0. The molecule has 1 saturated heterocycles. The molecule has 0 bridgehead atoms. The van der Waals surface area contributed by atoms with Gasteiger partial charge in [0.2, 0.25) is 0 Å². The molecule has 2 aromatic rings. The van der Waals surface area contributed by atoms with E-state index in [0.29, 0.717) is 12.5 Å². The second-order valence-corrected chi connectivity index (χ2v) is 8.17. The average Bonchev–Trinajstić information content (AvgIpc) is 3.20. The lowest BCUT2D eigenvalue weighted by Gasteiger charge is -2.15. The first kappa shape index (κ1) is 18.2. The van der Waals surface area contributed by atoms with E-state index >= 15 is 0 Å². The highest BCUT2D eigenvalue weighted by Crippen LogP contribution is 2.43. The van der Waals surface area contributed by atoms with Gasteiger partial charge in [-0.15, -0.1) is 0 Å². The van der Waals surface area contributed by atoms with Crippen LogP contribution < -0.4 is 5.32 Å². The van der Waals surface area contributed by atoms with Gasteiger partial charge in [-0.3, -0.25) is 4.79 Å². The molecule has 2 fully saturated rings. The molecule has 1 saturated carbocycles. The van der Waals surface area contributed by atoms with Gasteiger partial charge in [0.25, 0.3) is 5.91 Å². The van der Waals surface area contributed by atoms with Crippen LogP contribution in [0.15, 0.2) is 24.3 Å². The van der Waals surface area contributed by atoms with Crippen LogP contribution in [0.2, 0.25) is 0 Å². The second-order valence-electron chi connectivity index (χ2n) is 8.17. The number of rotatable bonds is 6. The number of carbonyl (C=O) groups is 1.